The van der Waals surface area contributed by atoms with E-state index in [4.69, 9.17) is 5.11 Å². The van der Waals surface area contributed by atoms with Gasteiger partial charge in [0.1, 0.15) is 0 Å². The third kappa shape index (κ3) is 3.06. The first-order chi connectivity index (χ1) is 7.60. The van der Waals surface area contributed by atoms with Crippen LogP contribution in [0.1, 0.15) is 36.7 Å². The highest BCUT2D eigenvalue weighted by Gasteiger charge is 2.11. The van der Waals surface area contributed by atoms with E-state index in [1.807, 2.05) is 18.7 Å². The highest BCUT2D eigenvalue weighted by molar-refractivity contribution is 5.24. The van der Waals surface area contributed by atoms with E-state index in [9.17, 15) is 0 Å². The Hall–Kier alpha value is -0.870. The van der Waals surface area contributed by atoms with Gasteiger partial charge in [0.05, 0.1) is 5.69 Å². The molecular formula is C12H23N3O. The SMILES string of the molecule is CCC(CCO)NCc1c(C)nn(C)c1C. The van der Waals surface area contributed by atoms with Crippen molar-refractivity contribution in [3.05, 3.63) is 17.0 Å². The van der Waals surface area contributed by atoms with Crippen molar-refractivity contribution in [1.82, 2.24) is 15.1 Å². The predicted octanol–water partition coefficient (Wildman–Crippen LogP) is 1.29. The average molecular weight is 225 g/mol. The Kier molecular flexibility index (Phi) is 4.96. The summed E-state index contributed by atoms with van der Waals surface area (Å²) in [5.74, 6) is 0. The van der Waals surface area contributed by atoms with Crippen LogP contribution < -0.4 is 5.32 Å². The molecule has 0 spiro atoms. The van der Waals surface area contributed by atoms with Crippen molar-refractivity contribution in [2.45, 2.75) is 46.2 Å². The molecule has 1 rings (SSSR count). The molecule has 0 saturated heterocycles. The molecule has 1 unspecified atom stereocenters. The van der Waals surface area contributed by atoms with Gasteiger partial charge in [-0.2, -0.15) is 5.10 Å². The Morgan fingerprint density at radius 2 is 2.12 bits per heavy atom. The minimum atomic E-state index is 0.247. The van der Waals surface area contributed by atoms with Crippen molar-refractivity contribution in [1.29, 1.82) is 0 Å². The van der Waals surface area contributed by atoms with Gasteiger partial charge in [-0.3, -0.25) is 4.68 Å². The number of nitrogens with zero attached hydrogens (tertiary/aromatic N) is 2. The maximum Gasteiger partial charge on any atom is 0.0641 e. The molecule has 0 aromatic carbocycles. The van der Waals surface area contributed by atoms with Crippen molar-refractivity contribution in [3.8, 4) is 0 Å². The van der Waals surface area contributed by atoms with Gasteiger partial charge in [-0.25, -0.2) is 0 Å². The fourth-order valence-corrected chi connectivity index (χ4v) is 1.93. The Bertz CT molecular complexity index is 333. The molecule has 0 amide bonds. The second kappa shape index (κ2) is 6.01. The zero-order valence-corrected chi connectivity index (χ0v) is 10.7. The Morgan fingerprint density at radius 1 is 1.44 bits per heavy atom. The van der Waals surface area contributed by atoms with Crippen LogP contribution in [0.4, 0.5) is 0 Å². The largest absolute Gasteiger partial charge is 0.396 e. The first-order valence-electron chi connectivity index (χ1n) is 5.93. The van der Waals surface area contributed by atoms with Gasteiger partial charge in [-0.15, -0.1) is 0 Å². The lowest BCUT2D eigenvalue weighted by Crippen LogP contribution is -2.29. The summed E-state index contributed by atoms with van der Waals surface area (Å²) in [4.78, 5) is 0. The van der Waals surface area contributed by atoms with Gasteiger partial charge in [-0.1, -0.05) is 6.92 Å². The minimum absolute atomic E-state index is 0.247. The van der Waals surface area contributed by atoms with Crippen molar-refractivity contribution in [3.63, 3.8) is 0 Å². The fraction of sp³-hybridized carbons (Fsp3) is 0.750. The summed E-state index contributed by atoms with van der Waals surface area (Å²) in [6.07, 6.45) is 1.85. The Balaban J connectivity index is 2.59. The quantitative estimate of drug-likeness (QED) is 0.767. The van der Waals surface area contributed by atoms with E-state index in [2.05, 4.69) is 24.3 Å². The van der Waals surface area contributed by atoms with Gasteiger partial charge >= 0.3 is 0 Å². The van der Waals surface area contributed by atoms with Crippen LogP contribution in [-0.4, -0.2) is 27.5 Å². The lowest BCUT2D eigenvalue weighted by molar-refractivity contribution is 0.262. The second-order valence-corrected chi connectivity index (χ2v) is 4.27. The molecule has 4 heteroatoms. The van der Waals surface area contributed by atoms with Gasteiger partial charge < -0.3 is 10.4 Å². The van der Waals surface area contributed by atoms with Crippen molar-refractivity contribution in [2.75, 3.05) is 6.61 Å². The van der Waals surface area contributed by atoms with Gasteiger partial charge in [0.25, 0.3) is 0 Å². The highest BCUT2D eigenvalue weighted by Crippen LogP contribution is 2.12. The molecule has 1 aromatic heterocycles. The molecule has 1 heterocycles. The molecule has 1 atom stereocenters. The van der Waals surface area contributed by atoms with Crippen LogP contribution in [0.3, 0.4) is 0 Å². The molecule has 2 N–H and O–H groups in total. The molecule has 0 bridgehead atoms. The van der Waals surface area contributed by atoms with Gasteiger partial charge in [0, 0.05) is 37.5 Å². The van der Waals surface area contributed by atoms with E-state index in [1.165, 1.54) is 11.3 Å². The predicted molar refractivity (Wildman–Crippen MR) is 65.3 cm³/mol. The van der Waals surface area contributed by atoms with Crippen LogP contribution >= 0.6 is 0 Å². The summed E-state index contributed by atoms with van der Waals surface area (Å²) in [6, 6.07) is 0.393. The van der Waals surface area contributed by atoms with Crippen LogP contribution in [0.25, 0.3) is 0 Å². The van der Waals surface area contributed by atoms with Crippen molar-refractivity contribution >= 4 is 0 Å². The van der Waals surface area contributed by atoms with E-state index in [1.54, 1.807) is 0 Å². The van der Waals surface area contributed by atoms with Crippen LogP contribution in [0.5, 0.6) is 0 Å². The van der Waals surface area contributed by atoms with Crippen LogP contribution in [0.2, 0.25) is 0 Å². The maximum atomic E-state index is 8.92. The first kappa shape index (κ1) is 13.2. The van der Waals surface area contributed by atoms with Crippen LogP contribution in [0.15, 0.2) is 0 Å². The molecule has 16 heavy (non-hydrogen) atoms. The number of aryl methyl sites for hydroxylation is 2. The third-order valence-corrected chi connectivity index (χ3v) is 3.20. The van der Waals surface area contributed by atoms with Gasteiger partial charge in [0.2, 0.25) is 0 Å². The minimum Gasteiger partial charge on any atom is -0.396 e. The maximum absolute atomic E-state index is 8.92. The third-order valence-electron chi connectivity index (χ3n) is 3.20. The number of hydrogen-bond donors (Lipinski definition) is 2. The zero-order valence-electron chi connectivity index (χ0n) is 10.7. The van der Waals surface area contributed by atoms with Crippen LogP contribution in [-0.2, 0) is 13.6 Å². The van der Waals surface area contributed by atoms with E-state index < -0.39 is 0 Å². The summed E-state index contributed by atoms with van der Waals surface area (Å²) in [7, 11) is 1.97. The number of aliphatic hydroxyl groups is 1. The van der Waals surface area contributed by atoms with Gasteiger partial charge in [0.15, 0.2) is 0 Å². The lowest BCUT2D eigenvalue weighted by atomic mass is 10.1. The molecule has 0 fully saturated rings. The average Bonchev–Trinajstić information content (AvgIpc) is 2.49. The summed E-state index contributed by atoms with van der Waals surface area (Å²) >= 11 is 0. The summed E-state index contributed by atoms with van der Waals surface area (Å²) in [5, 5.41) is 16.8. The lowest BCUT2D eigenvalue weighted by Gasteiger charge is -2.15. The second-order valence-electron chi connectivity index (χ2n) is 4.27. The Morgan fingerprint density at radius 3 is 2.56 bits per heavy atom. The monoisotopic (exact) mass is 225 g/mol. The molecule has 1 aromatic rings. The number of hydrogen-bond acceptors (Lipinski definition) is 3. The first-order valence-corrected chi connectivity index (χ1v) is 5.93. The number of aromatic nitrogens is 2. The number of rotatable bonds is 6. The van der Waals surface area contributed by atoms with E-state index in [0.717, 1.165) is 25.1 Å². The van der Waals surface area contributed by atoms with Crippen molar-refractivity contribution in [2.24, 2.45) is 7.05 Å². The summed E-state index contributed by atoms with van der Waals surface area (Å²) in [5.41, 5.74) is 3.58. The topological polar surface area (TPSA) is 50.1 Å². The van der Waals surface area contributed by atoms with E-state index in [0.29, 0.717) is 6.04 Å². The van der Waals surface area contributed by atoms with Gasteiger partial charge in [-0.05, 0) is 26.7 Å². The smallest absolute Gasteiger partial charge is 0.0641 e. The number of aliphatic hydroxyl groups excluding tert-OH is 1. The standard InChI is InChI=1S/C12H23N3O/c1-5-11(6-7-16)13-8-12-9(2)14-15(4)10(12)3/h11,13,16H,5-8H2,1-4H3. The van der Waals surface area contributed by atoms with Crippen molar-refractivity contribution < 1.29 is 5.11 Å². The Labute approximate surface area is 97.7 Å². The van der Waals surface area contributed by atoms with Crippen LogP contribution in [0, 0.1) is 13.8 Å². The molecule has 4 nitrogen and oxygen atoms in total. The molecule has 0 aliphatic rings. The molecule has 92 valence electrons. The highest BCUT2D eigenvalue weighted by atomic mass is 16.3. The fourth-order valence-electron chi connectivity index (χ4n) is 1.93. The van der Waals surface area contributed by atoms with E-state index in [-0.39, 0.29) is 6.61 Å². The molecular weight excluding hydrogens is 202 g/mol. The summed E-state index contributed by atoms with van der Waals surface area (Å²) in [6.45, 7) is 7.35. The van der Waals surface area contributed by atoms with E-state index >= 15 is 0 Å². The molecule has 0 aliphatic carbocycles. The summed E-state index contributed by atoms with van der Waals surface area (Å²) < 4.78 is 1.92. The number of nitrogens with one attached hydrogen (secondary N) is 1. The normalized spacial score (nSPS) is 13.1. The zero-order chi connectivity index (χ0) is 12.1. The molecule has 0 aliphatic heterocycles. The molecule has 0 saturated carbocycles. The molecule has 0 radical (unpaired) electrons.